The number of sulfonamides is 1. The van der Waals surface area contributed by atoms with Crippen LogP contribution in [0, 0.1) is 5.92 Å². The Morgan fingerprint density at radius 2 is 1.76 bits per heavy atom. The predicted octanol–water partition coefficient (Wildman–Crippen LogP) is 2.68. The number of hydrogen-bond acceptors (Lipinski definition) is 4. The van der Waals surface area contributed by atoms with Gasteiger partial charge in [0.15, 0.2) is 0 Å². The number of rotatable bonds is 5. The second kappa shape index (κ2) is 9.45. The lowest BCUT2D eigenvalue weighted by molar-refractivity contribution is -0.122. The molecule has 0 spiro atoms. The van der Waals surface area contributed by atoms with Crippen molar-refractivity contribution in [1.29, 1.82) is 0 Å². The average molecular weight is 442 g/mol. The van der Waals surface area contributed by atoms with Gasteiger partial charge >= 0.3 is 0 Å². The van der Waals surface area contributed by atoms with Crippen LogP contribution in [0.1, 0.15) is 61.7 Å². The van der Waals surface area contributed by atoms with Gasteiger partial charge in [-0.25, -0.2) is 8.42 Å². The van der Waals surface area contributed by atoms with Crippen LogP contribution in [0.25, 0.3) is 0 Å². The molecule has 2 fully saturated rings. The van der Waals surface area contributed by atoms with Gasteiger partial charge in [-0.15, -0.1) is 0 Å². The third-order valence-corrected chi connectivity index (χ3v) is 8.17. The molecule has 0 aromatic heterocycles. The first-order chi connectivity index (χ1) is 13.8. The number of hydrogen-bond donors (Lipinski definition) is 2. The van der Waals surface area contributed by atoms with Crippen LogP contribution in [0.5, 0.6) is 0 Å². The van der Waals surface area contributed by atoms with E-state index >= 15 is 0 Å². The van der Waals surface area contributed by atoms with Gasteiger partial charge in [-0.1, -0.05) is 30.9 Å². The van der Waals surface area contributed by atoms with Gasteiger partial charge in [0.05, 0.1) is 5.02 Å². The average Bonchev–Trinajstić information content (AvgIpc) is 2.98. The smallest absolute Gasteiger partial charge is 0.251 e. The molecular formula is C20H28ClN3O4S. The Kier molecular flexibility index (Phi) is 7.19. The highest BCUT2D eigenvalue weighted by molar-refractivity contribution is 7.89. The summed E-state index contributed by atoms with van der Waals surface area (Å²) in [5, 5.41) is 3.02. The number of carbonyl (C=O) groups excluding carboxylic acids is 2. The van der Waals surface area contributed by atoms with Crippen molar-refractivity contribution in [3.8, 4) is 0 Å². The van der Waals surface area contributed by atoms with E-state index in [2.05, 4.69) is 5.32 Å². The molecule has 1 heterocycles. The topological polar surface area (TPSA) is 110 Å². The number of nitrogens with two attached hydrogens (primary N) is 1. The number of benzene rings is 1. The third-order valence-electron chi connectivity index (χ3n) is 5.79. The quantitative estimate of drug-likeness (QED) is 0.731. The van der Waals surface area contributed by atoms with Gasteiger partial charge in [-0.05, 0) is 50.3 Å². The molecule has 0 radical (unpaired) electrons. The van der Waals surface area contributed by atoms with Gasteiger partial charge in [0.25, 0.3) is 5.91 Å². The lowest BCUT2D eigenvalue weighted by Crippen LogP contribution is -2.41. The lowest BCUT2D eigenvalue weighted by Gasteiger charge is -2.28. The molecule has 29 heavy (non-hydrogen) atoms. The Morgan fingerprint density at radius 1 is 1.07 bits per heavy atom. The van der Waals surface area contributed by atoms with E-state index in [0.717, 1.165) is 44.9 Å². The minimum Gasteiger partial charge on any atom is -0.369 e. The molecule has 1 aliphatic carbocycles. The fourth-order valence-electron chi connectivity index (χ4n) is 4.11. The molecule has 1 aromatic rings. The van der Waals surface area contributed by atoms with Gasteiger partial charge < -0.3 is 11.1 Å². The molecule has 1 aromatic carbocycles. The SMILES string of the molecule is NC(=O)[C@H]1CCC[C@@H](NC(=O)c2ccc(Cl)c(S(=O)(=O)N3CCCCCC3)c2)C1. The van der Waals surface area contributed by atoms with Crippen LogP contribution in [0.2, 0.25) is 5.02 Å². The first kappa shape index (κ1) is 22.1. The van der Waals surface area contributed by atoms with Crippen LogP contribution in [-0.4, -0.2) is 43.7 Å². The van der Waals surface area contributed by atoms with Crippen LogP contribution < -0.4 is 11.1 Å². The van der Waals surface area contributed by atoms with Crippen molar-refractivity contribution in [3.63, 3.8) is 0 Å². The number of carbonyl (C=O) groups is 2. The molecule has 2 atom stereocenters. The highest BCUT2D eigenvalue weighted by Crippen LogP contribution is 2.28. The summed E-state index contributed by atoms with van der Waals surface area (Å²) in [4.78, 5) is 24.1. The molecule has 0 bridgehead atoms. The van der Waals surface area contributed by atoms with Gasteiger partial charge in [-0.3, -0.25) is 9.59 Å². The van der Waals surface area contributed by atoms with Crippen molar-refractivity contribution in [1.82, 2.24) is 9.62 Å². The van der Waals surface area contributed by atoms with Crippen LogP contribution in [0.15, 0.2) is 23.1 Å². The van der Waals surface area contributed by atoms with Gasteiger partial charge in [0.1, 0.15) is 4.90 Å². The highest BCUT2D eigenvalue weighted by atomic mass is 35.5. The molecule has 2 aliphatic rings. The lowest BCUT2D eigenvalue weighted by atomic mass is 9.85. The van der Waals surface area contributed by atoms with E-state index in [1.807, 2.05) is 0 Å². The van der Waals surface area contributed by atoms with E-state index in [-0.39, 0.29) is 39.3 Å². The summed E-state index contributed by atoms with van der Waals surface area (Å²) in [6.07, 6.45) is 6.48. The predicted molar refractivity (Wildman–Crippen MR) is 111 cm³/mol. The zero-order valence-electron chi connectivity index (χ0n) is 16.4. The maximum Gasteiger partial charge on any atom is 0.251 e. The zero-order chi connectivity index (χ0) is 21.0. The maximum absolute atomic E-state index is 13.1. The van der Waals surface area contributed by atoms with E-state index < -0.39 is 10.0 Å². The van der Waals surface area contributed by atoms with E-state index in [1.54, 1.807) is 0 Å². The number of nitrogens with zero attached hydrogens (tertiary/aromatic N) is 1. The summed E-state index contributed by atoms with van der Waals surface area (Å²) in [6.45, 7) is 0.928. The Morgan fingerprint density at radius 3 is 2.41 bits per heavy atom. The van der Waals surface area contributed by atoms with E-state index in [4.69, 9.17) is 17.3 Å². The van der Waals surface area contributed by atoms with Crippen molar-refractivity contribution in [2.45, 2.75) is 62.3 Å². The second-order valence-electron chi connectivity index (χ2n) is 7.90. The van der Waals surface area contributed by atoms with Gasteiger partial charge in [0, 0.05) is 30.6 Å². The Balaban J connectivity index is 1.77. The Bertz CT molecular complexity index is 866. The second-order valence-corrected chi connectivity index (χ2v) is 10.2. The number of halogens is 1. The third kappa shape index (κ3) is 5.29. The molecule has 2 amide bonds. The molecule has 3 N–H and O–H groups in total. The maximum atomic E-state index is 13.1. The standard InChI is InChI=1S/C20H28ClN3O4S/c21-17-9-8-15(20(26)23-16-7-5-6-14(12-16)19(22)25)13-18(17)29(27,28)24-10-3-1-2-4-11-24/h8-9,13-14,16H,1-7,10-12H2,(H2,22,25)(H,23,26)/t14-,16+/m0/s1. The number of nitrogens with one attached hydrogen (secondary N) is 1. The van der Waals surface area contributed by atoms with E-state index in [9.17, 15) is 18.0 Å². The summed E-state index contributed by atoms with van der Waals surface area (Å²) in [6, 6.07) is 4.17. The van der Waals surface area contributed by atoms with Crippen molar-refractivity contribution in [2.75, 3.05) is 13.1 Å². The fraction of sp³-hybridized carbons (Fsp3) is 0.600. The Labute approximate surface area is 177 Å². The molecule has 160 valence electrons. The summed E-state index contributed by atoms with van der Waals surface area (Å²) in [7, 11) is -3.76. The molecular weight excluding hydrogens is 414 g/mol. The van der Waals surface area contributed by atoms with Crippen molar-refractivity contribution < 1.29 is 18.0 Å². The molecule has 7 nitrogen and oxygen atoms in total. The van der Waals surface area contributed by atoms with Crippen molar-refractivity contribution in [3.05, 3.63) is 28.8 Å². The van der Waals surface area contributed by atoms with Crippen LogP contribution in [0.4, 0.5) is 0 Å². The van der Waals surface area contributed by atoms with Gasteiger partial charge in [0.2, 0.25) is 15.9 Å². The van der Waals surface area contributed by atoms with Crippen LogP contribution in [0.3, 0.4) is 0 Å². The van der Waals surface area contributed by atoms with Crippen LogP contribution in [-0.2, 0) is 14.8 Å². The highest BCUT2D eigenvalue weighted by Gasteiger charge is 2.30. The Hall–Kier alpha value is -1.64. The largest absolute Gasteiger partial charge is 0.369 e. The first-order valence-corrected chi connectivity index (χ1v) is 12.0. The summed E-state index contributed by atoms with van der Waals surface area (Å²) < 4.78 is 27.7. The van der Waals surface area contributed by atoms with E-state index in [1.165, 1.54) is 22.5 Å². The summed E-state index contributed by atoms with van der Waals surface area (Å²) in [5.41, 5.74) is 5.64. The molecule has 1 aliphatic heterocycles. The minimum absolute atomic E-state index is 0.0348. The molecule has 9 heteroatoms. The minimum atomic E-state index is -3.76. The van der Waals surface area contributed by atoms with Crippen molar-refractivity contribution in [2.24, 2.45) is 11.7 Å². The normalized spacial score (nSPS) is 23.9. The van der Waals surface area contributed by atoms with Gasteiger partial charge in [-0.2, -0.15) is 4.31 Å². The fourth-order valence-corrected chi connectivity index (χ4v) is 6.13. The van der Waals surface area contributed by atoms with Crippen molar-refractivity contribution >= 4 is 33.4 Å². The number of amides is 2. The molecule has 1 saturated carbocycles. The van der Waals surface area contributed by atoms with Crippen LogP contribution >= 0.6 is 11.6 Å². The zero-order valence-corrected chi connectivity index (χ0v) is 18.0. The van der Waals surface area contributed by atoms with E-state index in [0.29, 0.717) is 19.5 Å². The number of primary amides is 1. The molecule has 0 unspecified atom stereocenters. The monoisotopic (exact) mass is 441 g/mol. The summed E-state index contributed by atoms with van der Waals surface area (Å²) in [5.74, 6) is -0.955. The molecule has 3 rings (SSSR count). The molecule has 1 saturated heterocycles. The first-order valence-electron chi connectivity index (χ1n) is 10.2. The summed E-state index contributed by atoms with van der Waals surface area (Å²) >= 11 is 6.20.